The fraction of sp³-hybridized carbons (Fsp3) is 0.889. The summed E-state index contributed by atoms with van der Waals surface area (Å²) in [5.41, 5.74) is 5.54. The van der Waals surface area contributed by atoms with Gasteiger partial charge in [0.05, 0.1) is 6.54 Å². The number of nitrogens with two attached hydrogens (primary N) is 1. The highest BCUT2D eigenvalue weighted by atomic mass is 35.5. The quantitative estimate of drug-likeness (QED) is 0.744. The van der Waals surface area contributed by atoms with Crippen molar-refractivity contribution in [2.24, 2.45) is 11.7 Å². The van der Waals surface area contributed by atoms with Crippen LogP contribution in [-0.2, 0) is 4.79 Å². The van der Waals surface area contributed by atoms with Gasteiger partial charge in [0, 0.05) is 24.9 Å². The van der Waals surface area contributed by atoms with Crippen LogP contribution in [0.5, 0.6) is 0 Å². The van der Waals surface area contributed by atoms with Crippen LogP contribution in [0.1, 0.15) is 19.3 Å². The van der Waals surface area contributed by atoms with Gasteiger partial charge >= 0.3 is 0 Å². The number of hydrogen-bond donors (Lipinski definition) is 1. The van der Waals surface area contributed by atoms with Crippen molar-refractivity contribution in [3.63, 3.8) is 0 Å². The van der Waals surface area contributed by atoms with Crippen molar-refractivity contribution >= 4 is 18.3 Å². The van der Waals surface area contributed by atoms with Gasteiger partial charge in [0.15, 0.2) is 0 Å². The van der Waals surface area contributed by atoms with Crippen molar-refractivity contribution in [1.29, 1.82) is 0 Å². The molecule has 1 saturated carbocycles. The molecule has 6 heteroatoms. The molecular formula is C9H15ClF2N2O. The third-order valence-corrected chi connectivity index (χ3v) is 3.01. The minimum atomic E-state index is -2.68. The van der Waals surface area contributed by atoms with E-state index in [1.807, 2.05) is 0 Å². The molecule has 1 amide bonds. The van der Waals surface area contributed by atoms with Crippen molar-refractivity contribution < 1.29 is 13.6 Å². The number of nitrogens with zero attached hydrogens (tertiary/aromatic N) is 1. The molecule has 0 aromatic carbocycles. The van der Waals surface area contributed by atoms with Gasteiger partial charge in [-0.1, -0.05) is 0 Å². The van der Waals surface area contributed by atoms with Gasteiger partial charge in [-0.15, -0.1) is 12.4 Å². The second kappa shape index (κ2) is 4.22. The highest BCUT2D eigenvalue weighted by Crippen LogP contribution is 2.32. The number of hydrogen-bond acceptors (Lipinski definition) is 2. The van der Waals surface area contributed by atoms with Gasteiger partial charge in [-0.3, -0.25) is 4.79 Å². The fourth-order valence-electron chi connectivity index (χ4n) is 2.05. The molecular weight excluding hydrogens is 226 g/mol. The zero-order chi connectivity index (χ0) is 10.3. The van der Waals surface area contributed by atoms with E-state index in [-0.39, 0.29) is 43.2 Å². The summed E-state index contributed by atoms with van der Waals surface area (Å²) in [7, 11) is 0. The normalized spacial score (nSPS) is 33.1. The van der Waals surface area contributed by atoms with Crippen LogP contribution in [0, 0.1) is 5.92 Å². The molecule has 1 aliphatic carbocycles. The lowest BCUT2D eigenvalue weighted by atomic mass is 9.80. The van der Waals surface area contributed by atoms with Crippen molar-refractivity contribution in [3.8, 4) is 0 Å². The molecule has 15 heavy (non-hydrogen) atoms. The van der Waals surface area contributed by atoms with E-state index in [2.05, 4.69) is 0 Å². The summed E-state index contributed by atoms with van der Waals surface area (Å²) >= 11 is 0. The molecule has 1 heterocycles. The predicted molar refractivity (Wildman–Crippen MR) is 54.1 cm³/mol. The van der Waals surface area contributed by atoms with Gasteiger partial charge in [-0.2, -0.15) is 0 Å². The van der Waals surface area contributed by atoms with Crippen LogP contribution < -0.4 is 5.73 Å². The highest BCUT2D eigenvalue weighted by Gasteiger charge is 2.43. The van der Waals surface area contributed by atoms with Crippen LogP contribution >= 0.6 is 12.4 Å². The maximum atomic E-state index is 12.8. The van der Waals surface area contributed by atoms with Gasteiger partial charge in [0.1, 0.15) is 0 Å². The molecule has 1 aliphatic heterocycles. The topological polar surface area (TPSA) is 46.3 Å². The minimum Gasteiger partial charge on any atom is -0.336 e. The number of halogens is 3. The molecule has 0 unspecified atom stereocenters. The second-order valence-electron chi connectivity index (χ2n) is 4.29. The van der Waals surface area contributed by atoms with Crippen LogP contribution in [0.4, 0.5) is 8.78 Å². The number of alkyl halides is 2. The average molecular weight is 241 g/mol. The highest BCUT2D eigenvalue weighted by molar-refractivity contribution is 5.85. The minimum absolute atomic E-state index is 0. The largest absolute Gasteiger partial charge is 0.336 e. The molecule has 0 radical (unpaired) electrons. The Morgan fingerprint density at radius 3 is 2.40 bits per heavy atom. The van der Waals surface area contributed by atoms with Crippen LogP contribution in [0.15, 0.2) is 0 Å². The van der Waals surface area contributed by atoms with E-state index in [1.165, 1.54) is 4.90 Å². The first-order chi connectivity index (χ1) is 6.48. The Kier molecular flexibility index (Phi) is 3.55. The molecule has 0 aromatic heterocycles. The molecule has 3 nitrogen and oxygen atoms in total. The summed E-state index contributed by atoms with van der Waals surface area (Å²) in [6.07, 6.45) is 1.11. The third kappa shape index (κ3) is 2.58. The van der Waals surface area contributed by atoms with Gasteiger partial charge in [-0.05, 0) is 12.8 Å². The van der Waals surface area contributed by atoms with Crippen LogP contribution in [0.25, 0.3) is 0 Å². The first-order valence-electron chi connectivity index (χ1n) is 4.90. The number of carbonyl (C=O) groups is 1. The number of likely N-dealkylation sites (tertiary alicyclic amines) is 1. The molecule has 0 aromatic rings. The van der Waals surface area contributed by atoms with E-state index >= 15 is 0 Å². The molecule has 2 N–H and O–H groups in total. The molecule has 0 spiro atoms. The van der Waals surface area contributed by atoms with Crippen molar-refractivity contribution in [2.75, 3.05) is 13.1 Å². The summed E-state index contributed by atoms with van der Waals surface area (Å²) in [5, 5.41) is 0. The second-order valence-corrected chi connectivity index (χ2v) is 4.29. The zero-order valence-corrected chi connectivity index (χ0v) is 9.10. The number of carbonyl (C=O) groups excluding carboxylic acids is 1. The first-order valence-corrected chi connectivity index (χ1v) is 4.90. The zero-order valence-electron chi connectivity index (χ0n) is 8.29. The van der Waals surface area contributed by atoms with Crippen LogP contribution in [0.2, 0.25) is 0 Å². The van der Waals surface area contributed by atoms with Gasteiger partial charge in [0.2, 0.25) is 5.91 Å². The van der Waals surface area contributed by atoms with E-state index in [0.717, 1.165) is 0 Å². The standard InChI is InChI=1S/C9H14F2N2O.ClH/c10-9(11)1-2-13(5-9)8(14)6-3-7(12)4-6;/h6-7H,1-5,12H2;1H. The lowest BCUT2D eigenvalue weighted by Crippen LogP contribution is -2.46. The summed E-state index contributed by atoms with van der Waals surface area (Å²) in [6.45, 7) is -0.213. The summed E-state index contributed by atoms with van der Waals surface area (Å²) in [6, 6.07) is 0.0899. The van der Waals surface area contributed by atoms with Gasteiger partial charge in [0.25, 0.3) is 5.92 Å². The van der Waals surface area contributed by atoms with E-state index in [1.54, 1.807) is 0 Å². The Balaban J connectivity index is 0.00000112. The molecule has 0 bridgehead atoms. The lowest BCUT2D eigenvalue weighted by molar-refractivity contribution is -0.139. The van der Waals surface area contributed by atoms with Crippen molar-refractivity contribution in [1.82, 2.24) is 4.90 Å². The lowest BCUT2D eigenvalue weighted by Gasteiger charge is -2.34. The Bertz CT molecular complexity index is 256. The van der Waals surface area contributed by atoms with E-state index in [0.29, 0.717) is 12.8 Å². The monoisotopic (exact) mass is 240 g/mol. The molecule has 2 rings (SSSR count). The predicted octanol–water partition coefficient (Wildman–Crippen LogP) is 1.01. The Morgan fingerprint density at radius 1 is 1.40 bits per heavy atom. The third-order valence-electron chi connectivity index (χ3n) is 3.01. The number of rotatable bonds is 1. The summed E-state index contributed by atoms with van der Waals surface area (Å²) in [4.78, 5) is 12.9. The fourth-order valence-corrected chi connectivity index (χ4v) is 2.05. The molecule has 0 atom stereocenters. The summed E-state index contributed by atoms with van der Waals surface area (Å²) < 4.78 is 25.6. The smallest absolute Gasteiger partial charge is 0.267 e. The molecule has 2 fully saturated rings. The SMILES string of the molecule is Cl.NC1CC(C(=O)N2CCC(F)(F)C2)C1. The van der Waals surface area contributed by atoms with Gasteiger partial charge in [-0.25, -0.2) is 8.78 Å². The van der Waals surface area contributed by atoms with Crippen LogP contribution in [0.3, 0.4) is 0 Å². The van der Waals surface area contributed by atoms with Gasteiger partial charge < -0.3 is 10.6 Å². The van der Waals surface area contributed by atoms with E-state index < -0.39 is 12.5 Å². The van der Waals surface area contributed by atoms with Crippen molar-refractivity contribution in [2.45, 2.75) is 31.2 Å². The van der Waals surface area contributed by atoms with E-state index in [4.69, 9.17) is 5.73 Å². The average Bonchev–Trinajstić information content (AvgIpc) is 2.39. The maximum Gasteiger partial charge on any atom is 0.267 e. The Morgan fingerprint density at radius 2 is 2.00 bits per heavy atom. The van der Waals surface area contributed by atoms with Crippen LogP contribution in [-0.4, -0.2) is 35.9 Å². The van der Waals surface area contributed by atoms with Crippen molar-refractivity contribution in [3.05, 3.63) is 0 Å². The molecule has 88 valence electrons. The Hall–Kier alpha value is -0.420. The first kappa shape index (κ1) is 12.6. The number of amides is 1. The molecule has 2 aliphatic rings. The van der Waals surface area contributed by atoms with E-state index in [9.17, 15) is 13.6 Å². The molecule has 1 saturated heterocycles. The summed E-state index contributed by atoms with van der Waals surface area (Å²) in [5.74, 6) is -2.91. The maximum absolute atomic E-state index is 12.8. The Labute approximate surface area is 93.4 Å².